The Morgan fingerprint density at radius 3 is 2.06 bits per heavy atom. The number of halogens is 1. The van der Waals surface area contributed by atoms with Crippen molar-refractivity contribution in [3.8, 4) is 5.75 Å². The molecule has 0 bridgehead atoms. The van der Waals surface area contributed by atoms with Crippen molar-refractivity contribution in [2.24, 2.45) is 4.99 Å². The minimum absolute atomic E-state index is 0.199. The first kappa shape index (κ1) is 21.6. The number of ether oxygens (including phenoxy) is 1. The number of hydrogen-bond acceptors (Lipinski definition) is 3. The Kier molecular flexibility index (Phi) is 7.06. The second kappa shape index (κ2) is 10.1. The van der Waals surface area contributed by atoms with Crippen LogP contribution in [-0.4, -0.2) is 37.4 Å². The fourth-order valence-electron chi connectivity index (χ4n) is 4.18. The molecule has 0 aromatic heterocycles. The van der Waals surface area contributed by atoms with Gasteiger partial charge in [0.25, 0.3) is 0 Å². The number of rotatable bonds is 6. The summed E-state index contributed by atoms with van der Waals surface area (Å²) in [6, 6.07) is 25.8. The smallest absolute Gasteiger partial charge is 0.118 e. The highest BCUT2D eigenvalue weighted by Gasteiger charge is 2.27. The lowest BCUT2D eigenvalue weighted by atomic mass is 9.94. The third kappa shape index (κ3) is 5.55. The summed E-state index contributed by atoms with van der Waals surface area (Å²) in [5.74, 6) is 0.878. The van der Waals surface area contributed by atoms with Gasteiger partial charge in [-0.15, -0.1) is 0 Å². The molecule has 0 aliphatic carbocycles. The van der Waals surface area contributed by atoms with E-state index in [0.717, 1.165) is 36.7 Å². The van der Waals surface area contributed by atoms with Gasteiger partial charge in [0, 0.05) is 24.3 Å². The number of nitrogens with zero attached hydrogens (tertiary/aromatic N) is 2. The van der Waals surface area contributed by atoms with Crippen molar-refractivity contribution in [1.82, 2.24) is 4.90 Å². The highest BCUT2D eigenvalue weighted by atomic mass is 35.5. The first-order chi connectivity index (χ1) is 15.1. The van der Waals surface area contributed by atoms with Crippen LogP contribution in [0.2, 0.25) is 5.02 Å². The Morgan fingerprint density at radius 1 is 0.903 bits per heavy atom. The summed E-state index contributed by atoms with van der Waals surface area (Å²) in [6.07, 6.45) is 4.14. The van der Waals surface area contributed by atoms with Crippen molar-refractivity contribution in [2.45, 2.75) is 31.8 Å². The molecule has 4 rings (SSSR count). The first-order valence-corrected chi connectivity index (χ1v) is 11.2. The number of aliphatic imine (C=N–C) groups is 1. The van der Waals surface area contributed by atoms with E-state index in [0.29, 0.717) is 6.04 Å². The van der Waals surface area contributed by atoms with Crippen molar-refractivity contribution < 1.29 is 4.74 Å². The van der Waals surface area contributed by atoms with Gasteiger partial charge in [-0.1, -0.05) is 65.7 Å². The van der Waals surface area contributed by atoms with Crippen LogP contribution in [-0.2, 0) is 0 Å². The molecule has 0 spiro atoms. The van der Waals surface area contributed by atoms with Gasteiger partial charge >= 0.3 is 0 Å². The topological polar surface area (TPSA) is 24.8 Å². The number of methoxy groups -OCH3 is 1. The molecule has 0 N–H and O–H groups in total. The molecule has 3 aromatic rings. The van der Waals surface area contributed by atoms with Crippen LogP contribution < -0.4 is 4.74 Å². The summed E-state index contributed by atoms with van der Waals surface area (Å²) < 4.78 is 5.35. The van der Waals surface area contributed by atoms with E-state index in [2.05, 4.69) is 60.4 Å². The number of aryl methyl sites for hydroxylation is 1. The largest absolute Gasteiger partial charge is 0.497 e. The zero-order valence-electron chi connectivity index (χ0n) is 18.2. The third-order valence-electron chi connectivity index (χ3n) is 5.99. The number of piperidine rings is 1. The summed E-state index contributed by atoms with van der Waals surface area (Å²) >= 11 is 6.15. The Hall–Kier alpha value is -2.62. The molecule has 160 valence electrons. The van der Waals surface area contributed by atoms with E-state index < -0.39 is 0 Å². The van der Waals surface area contributed by atoms with Crippen LogP contribution in [0.4, 0.5) is 0 Å². The average Bonchev–Trinajstić information content (AvgIpc) is 2.81. The van der Waals surface area contributed by atoms with E-state index in [1.807, 2.05) is 30.5 Å². The Bertz CT molecular complexity index is 989. The lowest BCUT2D eigenvalue weighted by Crippen LogP contribution is -2.38. The SMILES string of the molecule is COc1ccc(C(c2ccc(Cl)cc2)N2CCC(N=Cc3ccc(C)cc3)CC2)cc1. The second-order valence-electron chi connectivity index (χ2n) is 8.18. The summed E-state index contributed by atoms with van der Waals surface area (Å²) in [7, 11) is 1.70. The van der Waals surface area contributed by atoms with Crippen molar-refractivity contribution in [3.63, 3.8) is 0 Å². The number of likely N-dealkylation sites (tertiary alicyclic amines) is 1. The highest BCUT2D eigenvalue weighted by Crippen LogP contribution is 2.33. The molecule has 1 heterocycles. The summed E-state index contributed by atoms with van der Waals surface area (Å²) in [5, 5.41) is 0.765. The lowest BCUT2D eigenvalue weighted by Gasteiger charge is -2.37. The number of benzene rings is 3. The normalized spacial score (nSPS) is 16.5. The van der Waals surface area contributed by atoms with Crippen molar-refractivity contribution in [3.05, 3.63) is 100 Å². The molecular weight excluding hydrogens is 404 g/mol. The van der Waals surface area contributed by atoms with Crippen molar-refractivity contribution in [2.75, 3.05) is 20.2 Å². The van der Waals surface area contributed by atoms with Crippen LogP contribution in [0.15, 0.2) is 77.8 Å². The zero-order chi connectivity index (χ0) is 21.6. The van der Waals surface area contributed by atoms with Crippen LogP contribution >= 0.6 is 11.6 Å². The van der Waals surface area contributed by atoms with Gasteiger partial charge in [0.15, 0.2) is 0 Å². The summed E-state index contributed by atoms with van der Waals surface area (Å²) in [6.45, 7) is 4.13. The maximum absolute atomic E-state index is 6.15. The first-order valence-electron chi connectivity index (χ1n) is 10.9. The second-order valence-corrected chi connectivity index (χ2v) is 8.62. The molecule has 1 atom stereocenters. The van der Waals surface area contributed by atoms with E-state index in [-0.39, 0.29) is 6.04 Å². The molecule has 1 saturated heterocycles. The molecule has 3 aromatic carbocycles. The van der Waals surface area contributed by atoms with Gasteiger partial charge in [-0.05, 0) is 60.7 Å². The highest BCUT2D eigenvalue weighted by molar-refractivity contribution is 6.30. The fourth-order valence-corrected chi connectivity index (χ4v) is 4.31. The lowest BCUT2D eigenvalue weighted by molar-refractivity contribution is 0.175. The monoisotopic (exact) mass is 432 g/mol. The zero-order valence-corrected chi connectivity index (χ0v) is 18.9. The molecule has 0 saturated carbocycles. The van der Waals surface area contributed by atoms with Gasteiger partial charge in [0.1, 0.15) is 5.75 Å². The van der Waals surface area contributed by atoms with Gasteiger partial charge in [0.2, 0.25) is 0 Å². The molecule has 1 aliphatic heterocycles. The predicted octanol–water partition coefficient (Wildman–Crippen LogP) is 6.33. The molecule has 1 aliphatic rings. The fraction of sp³-hybridized carbons (Fsp3) is 0.296. The van der Waals surface area contributed by atoms with Crippen LogP contribution in [0, 0.1) is 6.92 Å². The Morgan fingerprint density at radius 2 is 1.48 bits per heavy atom. The molecule has 0 amide bonds. The molecule has 1 fully saturated rings. The van der Waals surface area contributed by atoms with Crippen molar-refractivity contribution >= 4 is 17.8 Å². The van der Waals surface area contributed by atoms with E-state index >= 15 is 0 Å². The van der Waals surface area contributed by atoms with Gasteiger partial charge in [-0.3, -0.25) is 9.89 Å². The maximum Gasteiger partial charge on any atom is 0.118 e. The standard InChI is InChI=1S/C27H29ClN2O/c1-20-3-5-21(6-4-20)19-29-25-15-17-30(18-16-25)27(22-7-11-24(28)12-8-22)23-9-13-26(31-2)14-10-23/h3-14,19,25,27H,15-18H2,1-2H3. The molecule has 31 heavy (non-hydrogen) atoms. The molecule has 1 unspecified atom stereocenters. The van der Waals surface area contributed by atoms with Gasteiger partial charge in [-0.2, -0.15) is 0 Å². The number of hydrogen-bond donors (Lipinski definition) is 0. The van der Waals surface area contributed by atoms with Crippen molar-refractivity contribution in [1.29, 1.82) is 0 Å². The molecular formula is C27H29ClN2O. The van der Waals surface area contributed by atoms with E-state index in [4.69, 9.17) is 21.3 Å². The Balaban J connectivity index is 1.48. The Labute approximate surface area is 190 Å². The predicted molar refractivity (Wildman–Crippen MR) is 130 cm³/mol. The molecule has 4 heteroatoms. The van der Waals surface area contributed by atoms with Gasteiger partial charge in [0.05, 0.1) is 19.2 Å². The van der Waals surface area contributed by atoms with Crippen LogP contribution in [0.1, 0.15) is 41.1 Å². The van der Waals surface area contributed by atoms with E-state index in [1.54, 1.807) is 7.11 Å². The third-order valence-corrected chi connectivity index (χ3v) is 6.25. The van der Waals surface area contributed by atoms with E-state index in [9.17, 15) is 0 Å². The van der Waals surface area contributed by atoms with E-state index in [1.165, 1.54) is 22.3 Å². The van der Waals surface area contributed by atoms with Crippen LogP contribution in [0.5, 0.6) is 5.75 Å². The summed E-state index contributed by atoms with van der Waals surface area (Å²) in [4.78, 5) is 7.43. The minimum Gasteiger partial charge on any atom is -0.497 e. The average molecular weight is 433 g/mol. The van der Waals surface area contributed by atoms with Gasteiger partial charge < -0.3 is 4.74 Å². The molecule has 0 radical (unpaired) electrons. The summed E-state index contributed by atoms with van der Waals surface area (Å²) in [5.41, 5.74) is 4.98. The quantitative estimate of drug-likeness (QED) is 0.425. The van der Waals surface area contributed by atoms with Gasteiger partial charge in [-0.25, -0.2) is 0 Å². The molecule has 3 nitrogen and oxygen atoms in total. The van der Waals surface area contributed by atoms with Crippen LogP contribution in [0.3, 0.4) is 0 Å². The van der Waals surface area contributed by atoms with Crippen LogP contribution in [0.25, 0.3) is 0 Å². The minimum atomic E-state index is 0.199. The maximum atomic E-state index is 6.15.